The SMILES string of the molecule is CCCCCCCCCCCCCCC1(CCCCCCCCCCCCCC)c2ccccc2-c2cc3c(cc21)C([SiH3])C(C)=C3.[CH3][Ti][CH3]. The first-order valence-corrected chi connectivity index (χ1v) is 25.9. The molecule has 0 bridgehead atoms. The molecule has 2 aliphatic carbocycles. The van der Waals surface area contributed by atoms with E-state index in [4.69, 9.17) is 0 Å². The molecule has 2 aromatic rings. The average molecular weight is 719 g/mol. The molecule has 2 aliphatic rings. The van der Waals surface area contributed by atoms with Gasteiger partial charge in [0.15, 0.2) is 0 Å². The fourth-order valence-corrected chi connectivity index (χ4v) is 9.51. The number of hydrogen-bond acceptors (Lipinski definition) is 0. The Bertz CT molecular complexity index is 1170. The number of hydrogen-bond donors (Lipinski definition) is 0. The fourth-order valence-electron chi connectivity index (χ4n) is 8.85. The molecular weight excluding hydrogens is 640 g/mol. The van der Waals surface area contributed by atoms with E-state index in [1.54, 1.807) is 33.4 Å². The summed E-state index contributed by atoms with van der Waals surface area (Å²) in [6, 6.07) is 14.9. The fraction of sp³-hybridized carbons (Fsp3) is 0.702. The van der Waals surface area contributed by atoms with Crippen molar-refractivity contribution in [3.05, 3.63) is 64.2 Å². The minimum atomic E-state index is 0.218. The van der Waals surface area contributed by atoms with Crippen LogP contribution in [0.3, 0.4) is 0 Å². The van der Waals surface area contributed by atoms with E-state index in [9.17, 15) is 0 Å². The van der Waals surface area contributed by atoms with Crippen LogP contribution in [0.1, 0.15) is 216 Å². The second-order valence-electron chi connectivity index (χ2n) is 16.0. The molecule has 2 heteroatoms. The van der Waals surface area contributed by atoms with Gasteiger partial charge in [-0.3, -0.25) is 0 Å². The Morgan fingerprint density at radius 1 is 0.551 bits per heavy atom. The number of rotatable bonds is 26. The molecule has 0 fully saturated rings. The first-order chi connectivity index (χ1) is 24.0. The van der Waals surface area contributed by atoms with Crippen molar-refractivity contribution in [2.75, 3.05) is 0 Å². The number of benzene rings is 2. The van der Waals surface area contributed by atoms with E-state index >= 15 is 0 Å². The second-order valence-corrected chi connectivity index (χ2v) is 18.8. The Labute approximate surface area is 318 Å². The molecule has 0 aliphatic heterocycles. The van der Waals surface area contributed by atoms with Gasteiger partial charge in [-0.1, -0.05) is 210 Å². The van der Waals surface area contributed by atoms with E-state index in [-0.39, 0.29) is 5.41 Å². The van der Waals surface area contributed by atoms with Gasteiger partial charge in [0, 0.05) is 15.7 Å². The van der Waals surface area contributed by atoms with Crippen molar-refractivity contribution in [3.8, 4) is 11.1 Å². The van der Waals surface area contributed by atoms with Crippen LogP contribution in [0.25, 0.3) is 17.2 Å². The van der Waals surface area contributed by atoms with Crippen molar-refractivity contribution in [1.29, 1.82) is 0 Å². The van der Waals surface area contributed by atoms with Gasteiger partial charge in [-0.15, -0.1) is 0 Å². The predicted octanol–water partition coefficient (Wildman–Crippen LogP) is 15.1. The van der Waals surface area contributed by atoms with Gasteiger partial charge in [-0.2, -0.15) is 0 Å². The average Bonchev–Trinajstić information content (AvgIpc) is 3.54. The van der Waals surface area contributed by atoms with Crippen LogP contribution in [0.5, 0.6) is 0 Å². The zero-order valence-corrected chi connectivity index (χ0v) is 37.1. The van der Waals surface area contributed by atoms with Gasteiger partial charge in [0.2, 0.25) is 0 Å². The summed E-state index contributed by atoms with van der Waals surface area (Å²) in [5.41, 5.74) is 12.1. The van der Waals surface area contributed by atoms with Gasteiger partial charge < -0.3 is 0 Å². The summed E-state index contributed by atoms with van der Waals surface area (Å²) < 4.78 is 0. The van der Waals surface area contributed by atoms with E-state index in [1.807, 2.05) is 0 Å². The summed E-state index contributed by atoms with van der Waals surface area (Å²) in [5, 5.41) is 4.50. The molecule has 49 heavy (non-hydrogen) atoms. The van der Waals surface area contributed by atoms with Crippen LogP contribution < -0.4 is 0 Å². The van der Waals surface area contributed by atoms with Gasteiger partial charge in [-0.25, -0.2) is 0 Å². The first kappa shape index (κ1) is 42.5. The summed E-state index contributed by atoms with van der Waals surface area (Å²) >= 11 is 0.500. The molecule has 2 aromatic carbocycles. The molecule has 0 heterocycles. The molecule has 0 saturated carbocycles. The van der Waals surface area contributed by atoms with E-state index in [1.165, 1.54) is 183 Å². The topological polar surface area (TPSA) is 0 Å². The molecule has 0 radical (unpaired) electrons. The number of allylic oxidation sites excluding steroid dienone is 1. The minimum absolute atomic E-state index is 0.218. The second kappa shape index (κ2) is 25.1. The van der Waals surface area contributed by atoms with Gasteiger partial charge in [-0.05, 0) is 64.8 Å². The molecular formula is C47H78SiTi. The molecule has 4 rings (SSSR count). The van der Waals surface area contributed by atoms with Crippen molar-refractivity contribution in [1.82, 2.24) is 0 Å². The quantitative estimate of drug-likeness (QED) is 0.0671. The molecule has 1 atom stereocenters. The first-order valence-electron chi connectivity index (χ1n) is 21.6. The van der Waals surface area contributed by atoms with Gasteiger partial charge in [0.1, 0.15) is 0 Å². The van der Waals surface area contributed by atoms with Crippen LogP contribution in [0, 0.1) is 0 Å². The molecule has 274 valence electrons. The van der Waals surface area contributed by atoms with Crippen LogP contribution in [0.4, 0.5) is 0 Å². The Morgan fingerprint density at radius 3 is 1.41 bits per heavy atom. The summed E-state index contributed by atoms with van der Waals surface area (Å²) in [7, 11) is 1.22. The van der Waals surface area contributed by atoms with Crippen molar-refractivity contribution < 1.29 is 19.2 Å². The van der Waals surface area contributed by atoms with Crippen molar-refractivity contribution >= 4 is 16.3 Å². The normalized spacial score (nSPS) is 15.4. The Morgan fingerprint density at radius 2 is 0.959 bits per heavy atom. The summed E-state index contributed by atoms with van der Waals surface area (Å²) in [6.45, 7) is 7.00. The Kier molecular flexibility index (Phi) is 21.8. The molecule has 0 nitrogen and oxygen atoms in total. The molecule has 0 N–H and O–H groups in total. The standard InChI is InChI=1S/C45H72Si.2CH3.Ti/c1-4-6-8-10-12-14-16-18-20-22-24-28-32-45(33-29-25-23-21-19-17-15-13-11-9-7-5-2)42-31-27-26-30-39(42)41-35-38-34-37(3)44(46)40(38)36-43(41)45;;;/h26-27,30-31,34-36,44H,4-25,28-29,32-33H2,1-3,46H3;2*1H3;. The number of fused-ring (bicyclic) bond motifs is 4. The van der Waals surface area contributed by atoms with Crippen molar-refractivity contribution in [2.45, 2.75) is 209 Å². The molecule has 0 saturated heterocycles. The van der Waals surface area contributed by atoms with Gasteiger partial charge in [0.05, 0.1) is 0 Å². The van der Waals surface area contributed by atoms with Crippen LogP contribution in [0.15, 0.2) is 42.0 Å². The van der Waals surface area contributed by atoms with Crippen molar-refractivity contribution in [3.63, 3.8) is 0 Å². The Balaban J connectivity index is 0.00000209. The maximum absolute atomic E-state index is 2.72. The zero-order valence-electron chi connectivity index (χ0n) is 33.5. The monoisotopic (exact) mass is 719 g/mol. The van der Waals surface area contributed by atoms with E-state index < -0.39 is 0 Å². The van der Waals surface area contributed by atoms with Crippen molar-refractivity contribution in [2.24, 2.45) is 0 Å². The molecule has 0 aromatic heterocycles. The van der Waals surface area contributed by atoms with Crippen LogP contribution in [-0.4, -0.2) is 10.2 Å². The van der Waals surface area contributed by atoms with Crippen LogP contribution >= 0.6 is 0 Å². The summed E-state index contributed by atoms with van der Waals surface area (Å²) in [4.78, 5) is 0. The molecule has 1 unspecified atom stereocenters. The van der Waals surface area contributed by atoms with Crippen LogP contribution in [0.2, 0.25) is 10.5 Å². The molecule has 0 spiro atoms. The predicted molar refractivity (Wildman–Crippen MR) is 222 cm³/mol. The maximum atomic E-state index is 2.72. The van der Waals surface area contributed by atoms with E-state index in [0.717, 1.165) is 0 Å². The van der Waals surface area contributed by atoms with Gasteiger partial charge >= 0.3 is 29.6 Å². The third-order valence-corrected chi connectivity index (χ3v) is 13.5. The third-order valence-electron chi connectivity index (χ3n) is 11.9. The van der Waals surface area contributed by atoms with Gasteiger partial charge in [0.25, 0.3) is 0 Å². The van der Waals surface area contributed by atoms with E-state index in [0.29, 0.717) is 24.7 Å². The zero-order chi connectivity index (χ0) is 35.2. The number of unbranched alkanes of at least 4 members (excludes halogenated alkanes) is 22. The van der Waals surface area contributed by atoms with E-state index in [2.05, 4.69) is 73.7 Å². The summed E-state index contributed by atoms with van der Waals surface area (Å²) in [5.74, 6) is 0. The Hall–Kier alpha value is -0.889. The molecule has 0 amide bonds. The summed E-state index contributed by atoms with van der Waals surface area (Å²) in [6.07, 6.45) is 39.5. The third kappa shape index (κ3) is 13.6. The van der Waals surface area contributed by atoms with Crippen LogP contribution in [-0.2, 0) is 24.6 Å².